The molecule has 3 nitrogen and oxygen atoms in total. The Labute approximate surface area is 131 Å². The third-order valence-electron chi connectivity index (χ3n) is 5.01. The van der Waals surface area contributed by atoms with Gasteiger partial charge in [-0.1, -0.05) is 48.5 Å². The number of nitrogens with zero attached hydrogens (tertiary/aromatic N) is 1. The minimum Gasteiger partial charge on any atom is -0.317 e. The van der Waals surface area contributed by atoms with Crippen LogP contribution in [0.1, 0.15) is 24.0 Å². The maximum atomic E-state index is 13.2. The number of carbonyl (C=O) groups excluding carboxylic acids is 1. The lowest BCUT2D eigenvalue weighted by Gasteiger charge is -2.33. The van der Waals surface area contributed by atoms with E-state index in [-0.39, 0.29) is 11.3 Å². The highest BCUT2D eigenvalue weighted by molar-refractivity contribution is 6.08. The Balaban J connectivity index is 1.76. The molecule has 2 aliphatic rings. The Kier molecular flexibility index (Phi) is 3.23. The summed E-state index contributed by atoms with van der Waals surface area (Å²) in [5.41, 5.74) is 3.18. The molecule has 0 aromatic heterocycles. The van der Waals surface area contributed by atoms with E-state index < -0.39 is 0 Å². The van der Waals surface area contributed by atoms with Gasteiger partial charge in [-0.25, -0.2) is 0 Å². The first kappa shape index (κ1) is 13.5. The van der Waals surface area contributed by atoms with E-state index in [1.807, 2.05) is 29.2 Å². The number of fused-ring (bicyclic) bond motifs is 2. The third kappa shape index (κ3) is 1.97. The standard InChI is InChI=1S/C19H20N2O/c22-18-19(10-12-20-13-11-19)16-8-4-5-9-17(16)21(18)14-15-6-2-1-3-7-15/h1-9,20H,10-14H2. The predicted molar refractivity (Wildman–Crippen MR) is 87.9 cm³/mol. The molecule has 22 heavy (non-hydrogen) atoms. The molecule has 2 aromatic rings. The average molecular weight is 292 g/mol. The Morgan fingerprint density at radius 2 is 1.64 bits per heavy atom. The summed E-state index contributed by atoms with van der Waals surface area (Å²) < 4.78 is 0. The number of amides is 1. The SMILES string of the molecule is O=C1N(Cc2ccccc2)c2ccccc2C12CCNCC2. The zero-order chi connectivity index (χ0) is 15.0. The minimum absolute atomic E-state index is 0.277. The highest BCUT2D eigenvalue weighted by atomic mass is 16.2. The minimum atomic E-state index is -0.309. The molecule has 1 spiro atoms. The number of carbonyl (C=O) groups is 1. The van der Waals surface area contributed by atoms with Gasteiger partial charge in [0, 0.05) is 5.69 Å². The maximum Gasteiger partial charge on any atom is 0.238 e. The quantitative estimate of drug-likeness (QED) is 0.923. The molecule has 4 rings (SSSR count). The highest BCUT2D eigenvalue weighted by Crippen LogP contribution is 2.47. The summed E-state index contributed by atoms with van der Waals surface area (Å²) in [6.45, 7) is 2.49. The van der Waals surface area contributed by atoms with Crippen molar-refractivity contribution in [2.24, 2.45) is 0 Å². The van der Waals surface area contributed by atoms with Crippen LogP contribution in [0.5, 0.6) is 0 Å². The molecule has 1 fully saturated rings. The molecular formula is C19H20N2O. The van der Waals surface area contributed by atoms with Crippen LogP contribution in [0.2, 0.25) is 0 Å². The van der Waals surface area contributed by atoms with E-state index in [9.17, 15) is 4.79 Å². The molecule has 2 aliphatic heterocycles. The van der Waals surface area contributed by atoms with E-state index in [0.717, 1.165) is 31.6 Å². The number of para-hydroxylation sites is 1. The smallest absolute Gasteiger partial charge is 0.238 e. The van der Waals surface area contributed by atoms with Crippen molar-refractivity contribution in [3.05, 3.63) is 65.7 Å². The van der Waals surface area contributed by atoms with Crippen molar-refractivity contribution in [1.29, 1.82) is 0 Å². The highest BCUT2D eigenvalue weighted by Gasteiger charge is 2.50. The van der Waals surface area contributed by atoms with Gasteiger partial charge in [0.1, 0.15) is 0 Å². The molecular weight excluding hydrogens is 272 g/mol. The molecule has 0 atom stereocenters. The first-order valence-electron chi connectivity index (χ1n) is 7.97. The molecule has 0 bridgehead atoms. The number of piperidine rings is 1. The monoisotopic (exact) mass is 292 g/mol. The van der Waals surface area contributed by atoms with Crippen LogP contribution < -0.4 is 10.2 Å². The van der Waals surface area contributed by atoms with E-state index in [1.165, 1.54) is 11.1 Å². The van der Waals surface area contributed by atoms with Gasteiger partial charge in [-0.15, -0.1) is 0 Å². The van der Waals surface area contributed by atoms with Crippen LogP contribution in [0.4, 0.5) is 5.69 Å². The van der Waals surface area contributed by atoms with Crippen molar-refractivity contribution < 1.29 is 4.79 Å². The van der Waals surface area contributed by atoms with Crippen LogP contribution in [0, 0.1) is 0 Å². The zero-order valence-electron chi connectivity index (χ0n) is 12.6. The Hall–Kier alpha value is -2.13. The number of benzene rings is 2. The Bertz CT molecular complexity index is 690. The van der Waals surface area contributed by atoms with Gasteiger partial charge in [0.25, 0.3) is 0 Å². The number of rotatable bonds is 2. The van der Waals surface area contributed by atoms with Gasteiger partial charge >= 0.3 is 0 Å². The van der Waals surface area contributed by atoms with E-state index in [4.69, 9.17) is 0 Å². The summed E-state index contributed by atoms with van der Waals surface area (Å²) in [4.78, 5) is 15.2. The second kappa shape index (κ2) is 5.25. The summed E-state index contributed by atoms with van der Waals surface area (Å²) >= 11 is 0. The predicted octanol–water partition coefficient (Wildman–Crippen LogP) is 2.85. The second-order valence-electron chi connectivity index (χ2n) is 6.23. The Morgan fingerprint density at radius 3 is 2.41 bits per heavy atom. The van der Waals surface area contributed by atoms with Crippen LogP contribution in [-0.2, 0) is 16.8 Å². The largest absolute Gasteiger partial charge is 0.317 e. The molecule has 1 saturated heterocycles. The van der Waals surface area contributed by atoms with E-state index >= 15 is 0 Å². The molecule has 112 valence electrons. The first-order chi connectivity index (χ1) is 10.8. The maximum absolute atomic E-state index is 13.2. The van der Waals surface area contributed by atoms with Crippen molar-refractivity contribution >= 4 is 11.6 Å². The molecule has 0 saturated carbocycles. The second-order valence-corrected chi connectivity index (χ2v) is 6.23. The number of anilines is 1. The van der Waals surface area contributed by atoms with Gasteiger partial charge in [0.15, 0.2) is 0 Å². The summed E-state index contributed by atoms with van der Waals surface area (Å²) in [6, 6.07) is 18.6. The van der Waals surface area contributed by atoms with Gasteiger partial charge in [-0.05, 0) is 43.1 Å². The van der Waals surface area contributed by atoms with Crippen LogP contribution in [-0.4, -0.2) is 19.0 Å². The van der Waals surface area contributed by atoms with Crippen molar-refractivity contribution in [2.75, 3.05) is 18.0 Å². The third-order valence-corrected chi connectivity index (χ3v) is 5.01. The lowest BCUT2D eigenvalue weighted by molar-refractivity contribution is -0.124. The van der Waals surface area contributed by atoms with Crippen LogP contribution >= 0.6 is 0 Å². The van der Waals surface area contributed by atoms with Crippen molar-refractivity contribution in [1.82, 2.24) is 5.32 Å². The fraction of sp³-hybridized carbons (Fsp3) is 0.316. The molecule has 0 radical (unpaired) electrons. The zero-order valence-corrected chi connectivity index (χ0v) is 12.6. The normalized spacial score (nSPS) is 19.5. The van der Waals surface area contributed by atoms with Crippen molar-refractivity contribution in [2.45, 2.75) is 24.8 Å². The van der Waals surface area contributed by atoms with Crippen LogP contribution in [0.25, 0.3) is 0 Å². The van der Waals surface area contributed by atoms with Gasteiger partial charge < -0.3 is 10.2 Å². The van der Waals surface area contributed by atoms with Gasteiger partial charge in [0.2, 0.25) is 5.91 Å². The van der Waals surface area contributed by atoms with Crippen LogP contribution in [0.3, 0.4) is 0 Å². The summed E-state index contributed by atoms with van der Waals surface area (Å²) in [5.74, 6) is 0.277. The van der Waals surface area contributed by atoms with E-state index in [1.54, 1.807) is 0 Å². The van der Waals surface area contributed by atoms with E-state index in [2.05, 4.69) is 35.6 Å². The van der Waals surface area contributed by atoms with Gasteiger partial charge in [-0.3, -0.25) is 4.79 Å². The number of hydrogen-bond donors (Lipinski definition) is 1. The molecule has 3 heteroatoms. The number of nitrogens with one attached hydrogen (secondary N) is 1. The molecule has 1 N–H and O–H groups in total. The van der Waals surface area contributed by atoms with Gasteiger partial charge in [0.05, 0.1) is 12.0 Å². The van der Waals surface area contributed by atoms with E-state index in [0.29, 0.717) is 6.54 Å². The molecule has 1 amide bonds. The molecule has 2 aromatic carbocycles. The molecule has 0 aliphatic carbocycles. The fourth-order valence-corrected chi connectivity index (χ4v) is 3.86. The topological polar surface area (TPSA) is 32.3 Å². The summed E-state index contributed by atoms with van der Waals surface area (Å²) in [6.07, 6.45) is 1.79. The fourth-order valence-electron chi connectivity index (χ4n) is 3.86. The summed E-state index contributed by atoms with van der Waals surface area (Å²) in [7, 11) is 0. The first-order valence-corrected chi connectivity index (χ1v) is 7.97. The van der Waals surface area contributed by atoms with Gasteiger partial charge in [-0.2, -0.15) is 0 Å². The molecule has 0 unspecified atom stereocenters. The van der Waals surface area contributed by atoms with Crippen molar-refractivity contribution in [3.8, 4) is 0 Å². The average Bonchev–Trinajstić information content (AvgIpc) is 2.80. The summed E-state index contributed by atoms with van der Waals surface area (Å²) in [5, 5.41) is 3.38. The Morgan fingerprint density at radius 1 is 0.955 bits per heavy atom. The van der Waals surface area contributed by atoms with Crippen LogP contribution in [0.15, 0.2) is 54.6 Å². The molecule has 2 heterocycles. The van der Waals surface area contributed by atoms with Crippen molar-refractivity contribution in [3.63, 3.8) is 0 Å². The lowest BCUT2D eigenvalue weighted by Crippen LogP contribution is -2.47. The lowest BCUT2D eigenvalue weighted by atomic mass is 9.74. The number of hydrogen-bond acceptors (Lipinski definition) is 2.